The van der Waals surface area contributed by atoms with Crippen molar-refractivity contribution in [3.63, 3.8) is 0 Å². The Bertz CT molecular complexity index is 64.9. The summed E-state index contributed by atoms with van der Waals surface area (Å²) in [5.74, 6) is 0. The molecule has 1 aliphatic carbocycles. The summed E-state index contributed by atoms with van der Waals surface area (Å²) in [5.41, 5.74) is 0. The van der Waals surface area contributed by atoms with Gasteiger partial charge in [0.2, 0.25) is 0 Å². The third kappa shape index (κ3) is 1.46. The zero-order chi connectivity index (χ0) is 5.98. The van der Waals surface area contributed by atoms with Crippen LogP contribution < -0.4 is 0 Å². The minimum absolute atomic E-state index is 0.0799. The lowest BCUT2D eigenvalue weighted by molar-refractivity contribution is 0.139. The SMILES string of the molecule is O[C@@H]1CCCC[C@@H]1Br. The van der Waals surface area contributed by atoms with Crippen molar-refractivity contribution in [2.75, 3.05) is 0 Å². The first-order valence-electron chi connectivity index (χ1n) is 3.13. The van der Waals surface area contributed by atoms with Crippen LogP contribution in [0.15, 0.2) is 0 Å². The van der Waals surface area contributed by atoms with Crippen LogP contribution in [0.1, 0.15) is 25.7 Å². The minimum Gasteiger partial charge on any atom is -0.392 e. The van der Waals surface area contributed by atoms with Crippen molar-refractivity contribution < 1.29 is 5.11 Å². The lowest BCUT2D eigenvalue weighted by atomic mass is 9.98. The highest BCUT2D eigenvalue weighted by Gasteiger charge is 2.19. The Balaban J connectivity index is 2.28. The lowest BCUT2D eigenvalue weighted by Gasteiger charge is -2.21. The molecule has 0 saturated heterocycles. The summed E-state index contributed by atoms with van der Waals surface area (Å²) in [6, 6.07) is 0. The van der Waals surface area contributed by atoms with Gasteiger partial charge in [-0.2, -0.15) is 0 Å². The van der Waals surface area contributed by atoms with Crippen molar-refractivity contribution in [2.45, 2.75) is 36.6 Å². The van der Waals surface area contributed by atoms with Crippen LogP contribution in [0.3, 0.4) is 0 Å². The number of alkyl halides is 1. The molecule has 0 heterocycles. The molecule has 2 heteroatoms. The molecule has 1 aliphatic rings. The smallest absolute Gasteiger partial charge is 0.0665 e. The van der Waals surface area contributed by atoms with E-state index in [1.807, 2.05) is 0 Å². The molecule has 0 aliphatic heterocycles. The van der Waals surface area contributed by atoms with Gasteiger partial charge >= 0.3 is 0 Å². The van der Waals surface area contributed by atoms with E-state index in [0.29, 0.717) is 4.83 Å². The van der Waals surface area contributed by atoms with Gasteiger partial charge in [-0.05, 0) is 12.8 Å². The Morgan fingerprint density at radius 3 is 2.25 bits per heavy atom. The van der Waals surface area contributed by atoms with Crippen molar-refractivity contribution >= 4 is 15.9 Å². The zero-order valence-electron chi connectivity index (χ0n) is 4.81. The monoisotopic (exact) mass is 178 g/mol. The van der Waals surface area contributed by atoms with Gasteiger partial charge in [-0.3, -0.25) is 0 Å². The highest BCUT2D eigenvalue weighted by atomic mass is 79.9. The molecule has 0 spiro atoms. The van der Waals surface area contributed by atoms with E-state index in [0.717, 1.165) is 12.8 Å². The predicted molar refractivity (Wildman–Crippen MR) is 37.2 cm³/mol. The Labute approximate surface area is 58.2 Å². The summed E-state index contributed by atoms with van der Waals surface area (Å²) < 4.78 is 0. The number of hydrogen-bond donors (Lipinski definition) is 1. The second-order valence-corrected chi connectivity index (χ2v) is 3.54. The van der Waals surface area contributed by atoms with E-state index < -0.39 is 0 Å². The van der Waals surface area contributed by atoms with Gasteiger partial charge in [0.25, 0.3) is 0 Å². The number of rotatable bonds is 0. The molecule has 0 amide bonds. The van der Waals surface area contributed by atoms with Gasteiger partial charge in [-0.15, -0.1) is 0 Å². The van der Waals surface area contributed by atoms with Crippen LogP contribution in [0.2, 0.25) is 0 Å². The molecule has 0 aromatic rings. The van der Waals surface area contributed by atoms with Gasteiger partial charge in [0.05, 0.1) is 6.10 Å². The third-order valence-electron chi connectivity index (χ3n) is 1.65. The zero-order valence-corrected chi connectivity index (χ0v) is 6.39. The molecule has 1 nitrogen and oxygen atoms in total. The van der Waals surface area contributed by atoms with Crippen LogP contribution in [0.4, 0.5) is 0 Å². The Kier molecular flexibility index (Phi) is 2.32. The Hall–Kier alpha value is 0.440. The van der Waals surface area contributed by atoms with Crippen LogP contribution in [0.5, 0.6) is 0 Å². The molecule has 2 atom stereocenters. The van der Waals surface area contributed by atoms with E-state index in [4.69, 9.17) is 5.11 Å². The van der Waals surface area contributed by atoms with Crippen molar-refractivity contribution in [2.24, 2.45) is 0 Å². The fourth-order valence-electron chi connectivity index (χ4n) is 1.07. The molecule has 1 rings (SSSR count). The first-order valence-corrected chi connectivity index (χ1v) is 4.04. The van der Waals surface area contributed by atoms with Gasteiger partial charge in [0.1, 0.15) is 0 Å². The largest absolute Gasteiger partial charge is 0.392 e. The van der Waals surface area contributed by atoms with E-state index in [1.165, 1.54) is 12.8 Å². The Morgan fingerprint density at radius 2 is 1.88 bits per heavy atom. The molecule has 1 saturated carbocycles. The lowest BCUT2D eigenvalue weighted by Crippen LogP contribution is -2.23. The molecular weight excluding hydrogens is 168 g/mol. The maximum Gasteiger partial charge on any atom is 0.0665 e. The topological polar surface area (TPSA) is 20.2 Å². The minimum atomic E-state index is -0.0799. The van der Waals surface area contributed by atoms with Crippen molar-refractivity contribution in [1.29, 1.82) is 0 Å². The van der Waals surface area contributed by atoms with Crippen LogP contribution in [0, 0.1) is 0 Å². The number of hydrogen-bond acceptors (Lipinski definition) is 1. The average molecular weight is 179 g/mol. The fraction of sp³-hybridized carbons (Fsp3) is 1.00. The average Bonchev–Trinajstić information content (AvgIpc) is 1.77. The first kappa shape index (κ1) is 6.56. The molecule has 0 radical (unpaired) electrons. The normalized spacial score (nSPS) is 39.8. The van der Waals surface area contributed by atoms with Crippen molar-refractivity contribution in [3.8, 4) is 0 Å². The summed E-state index contributed by atoms with van der Waals surface area (Å²) in [7, 11) is 0. The van der Waals surface area contributed by atoms with Crippen LogP contribution in [0.25, 0.3) is 0 Å². The van der Waals surface area contributed by atoms with Gasteiger partial charge in [-0.1, -0.05) is 28.8 Å². The Morgan fingerprint density at radius 1 is 1.25 bits per heavy atom. The van der Waals surface area contributed by atoms with E-state index >= 15 is 0 Å². The van der Waals surface area contributed by atoms with E-state index in [9.17, 15) is 0 Å². The number of aliphatic hydroxyl groups excluding tert-OH is 1. The maximum absolute atomic E-state index is 9.13. The molecule has 0 unspecified atom stereocenters. The highest BCUT2D eigenvalue weighted by Crippen LogP contribution is 2.23. The predicted octanol–water partition coefficient (Wildman–Crippen LogP) is 1.68. The summed E-state index contributed by atoms with van der Waals surface area (Å²) in [6.07, 6.45) is 4.51. The van der Waals surface area contributed by atoms with Gasteiger partial charge in [0, 0.05) is 4.83 Å². The summed E-state index contributed by atoms with van der Waals surface area (Å²) in [5, 5.41) is 9.13. The summed E-state index contributed by atoms with van der Waals surface area (Å²) >= 11 is 3.40. The van der Waals surface area contributed by atoms with Crippen LogP contribution >= 0.6 is 15.9 Å². The van der Waals surface area contributed by atoms with Gasteiger partial charge in [0.15, 0.2) is 0 Å². The summed E-state index contributed by atoms with van der Waals surface area (Å²) in [6.45, 7) is 0. The maximum atomic E-state index is 9.13. The van der Waals surface area contributed by atoms with Crippen LogP contribution in [-0.4, -0.2) is 16.0 Å². The van der Waals surface area contributed by atoms with Crippen molar-refractivity contribution in [1.82, 2.24) is 0 Å². The van der Waals surface area contributed by atoms with E-state index in [-0.39, 0.29) is 6.10 Å². The quantitative estimate of drug-likeness (QED) is 0.561. The highest BCUT2D eigenvalue weighted by molar-refractivity contribution is 9.09. The number of halogens is 1. The van der Waals surface area contributed by atoms with Crippen molar-refractivity contribution in [3.05, 3.63) is 0 Å². The van der Waals surface area contributed by atoms with Gasteiger partial charge < -0.3 is 5.11 Å². The second kappa shape index (κ2) is 2.83. The molecule has 8 heavy (non-hydrogen) atoms. The molecule has 48 valence electrons. The molecular formula is C6H11BrO. The molecule has 0 aromatic heterocycles. The number of aliphatic hydroxyl groups is 1. The van der Waals surface area contributed by atoms with E-state index in [1.54, 1.807) is 0 Å². The molecule has 1 N–H and O–H groups in total. The van der Waals surface area contributed by atoms with Crippen LogP contribution in [-0.2, 0) is 0 Å². The second-order valence-electron chi connectivity index (χ2n) is 2.37. The molecule has 0 bridgehead atoms. The summed E-state index contributed by atoms with van der Waals surface area (Å²) in [4.78, 5) is 0.372. The molecule has 1 fully saturated rings. The fourth-order valence-corrected chi connectivity index (χ4v) is 1.65. The third-order valence-corrected chi connectivity index (χ3v) is 2.72. The standard InChI is InChI=1S/C6H11BrO/c7-5-3-1-2-4-6(5)8/h5-6,8H,1-4H2/t5-,6+/m0/s1. The first-order chi connectivity index (χ1) is 3.80. The molecule has 0 aromatic carbocycles. The van der Waals surface area contributed by atoms with Gasteiger partial charge in [-0.25, -0.2) is 0 Å². The van der Waals surface area contributed by atoms with E-state index in [2.05, 4.69) is 15.9 Å².